The molecule has 0 radical (unpaired) electrons. The van der Waals surface area contributed by atoms with Crippen LogP contribution in [-0.4, -0.2) is 10.8 Å². The molecule has 7 heteroatoms. The van der Waals surface area contributed by atoms with Crippen molar-refractivity contribution in [3.8, 4) is 11.5 Å². The van der Waals surface area contributed by atoms with Crippen molar-refractivity contribution in [3.05, 3.63) is 62.1 Å². The van der Waals surface area contributed by atoms with Gasteiger partial charge in [-0.15, -0.1) is 0 Å². The normalized spacial score (nSPS) is 10.2. The van der Waals surface area contributed by atoms with Crippen LogP contribution in [-0.2, 0) is 0 Å². The van der Waals surface area contributed by atoms with E-state index in [1.54, 1.807) is 37.3 Å². The van der Waals surface area contributed by atoms with Gasteiger partial charge in [0.2, 0.25) is 5.75 Å². The van der Waals surface area contributed by atoms with E-state index in [-0.39, 0.29) is 17.3 Å². The molecule has 0 amide bonds. The summed E-state index contributed by atoms with van der Waals surface area (Å²) in [5.41, 5.74) is 6.41. The molecule has 0 fully saturated rings. The van der Waals surface area contributed by atoms with Crippen LogP contribution in [0.1, 0.15) is 11.1 Å². The van der Waals surface area contributed by atoms with E-state index in [1.165, 1.54) is 6.07 Å². The highest BCUT2D eigenvalue weighted by Gasteiger charge is 2.19. The number of nitrogens with two attached hydrogens (primary N) is 1. The Morgan fingerprint density at radius 3 is 2.67 bits per heavy atom. The van der Waals surface area contributed by atoms with Crippen LogP contribution < -0.4 is 10.5 Å². The number of halogens is 1. The Morgan fingerprint density at radius 1 is 1.38 bits per heavy atom. The van der Waals surface area contributed by atoms with Gasteiger partial charge < -0.3 is 10.5 Å². The molecule has 0 heterocycles. The standard InChI is InChI=1S/C14H12BrN3O3/c1-8-3-2-4-12(13(8)18(19)20)21-9-5-6-10(14(16)17)11(15)7-9/h2-7H,1H3,(H3,16,17). The highest BCUT2D eigenvalue weighted by Crippen LogP contribution is 2.35. The van der Waals surface area contributed by atoms with E-state index in [1.807, 2.05) is 0 Å². The lowest BCUT2D eigenvalue weighted by atomic mass is 10.2. The van der Waals surface area contributed by atoms with Crippen LogP contribution in [0.4, 0.5) is 5.69 Å². The Labute approximate surface area is 129 Å². The molecule has 21 heavy (non-hydrogen) atoms. The quantitative estimate of drug-likeness (QED) is 0.379. The minimum Gasteiger partial charge on any atom is -0.450 e. The van der Waals surface area contributed by atoms with Crippen molar-refractivity contribution < 1.29 is 9.66 Å². The molecule has 0 bridgehead atoms. The Bertz CT molecular complexity index is 731. The third-order valence-electron chi connectivity index (χ3n) is 2.84. The first-order valence-electron chi connectivity index (χ1n) is 5.96. The van der Waals surface area contributed by atoms with Crippen LogP contribution in [0, 0.1) is 22.4 Å². The predicted molar refractivity (Wildman–Crippen MR) is 83.1 cm³/mol. The van der Waals surface area contributed by atoms with Crippen molar-refractivity contribution in [3.63, 3.8) is 0 Å². The Morgan fingerprint density at radius 2 is 2.10 bits per heavy atom. The first kappa shape index (κ1) is 15.0. The summed E-state index contributed by atoms with van der Waals surface area (Å²) in [7, 11) is 0. The lowest BCUT2D eigenvalue weighted by molar-refractivity contribution is -0.386. The van der Waals surface area contributed by atoms with Gasteiger partial charge >= 0.3 is 5.69 Å². The molecule has 0 aliphatic rings. The first-order valence-corrected chi connectivity index (χ1v) is 6.75. The van der Waals surface area contributed by atoms with Gasteiger partial charge in [-0.3, -0.25) is 15.5 Å². The van der Waals surface area contributed by atoms with Gasteiger partial charge in [0.15, 0.2) is 0 Å². The van der Waals surface area contributed by atoms with Gasteiger partial charge in [0.05, 0.1) is 4.92 Å². The maximum absolute atomic E-state index is 11.1. The Balaban J connectivity index is 2.39. The van der Waals surface area contributed by atoms with Crippen LogP contribution in [0.2, 0.25) is 0 Å². The molecule has 0 aliphatic carbocycles. The molecule has 2 aromatic rings. The van der Waals surface area contributed by atoms with E-state index in [2.05, 4.69) is 15.9 Å². The summed E-state index contributed by atoms with van der Waals surface area (Å²) in [5, 5.41) is 18.5. The first-order chi connectivity index (χ1) is 9.90. The topological polar surface area (TPSA) is 102 Å². The van der Waals surface area contributed by atoms with Crippen molar-refractivity contribution >= 4 is 27.5 Å². The molecule has 0 saturated carbocycles. The third kappa shape index (κ3) is 3.19. The number of hydrogen-bond acceptors (Lipinski definition) is 4. The van der Waals surface area contributed by atoms with E-state index in [0.29, 0.717) is 21.3 Å². The third-order valence-corrected chi connectivity index (χ3v) is 3.50. The average Bonchev–Trinajstić information content (AvgIpc) is 2.37. The van der Waals surface area contributed by atoms with Crippen LogP contribution in [0.3, 0.4) is 0 Å². The van der Waals surface area contributed by atoms with Gasteiger partial charge in [0.25, 0.3) is 0 Å². The zero-order valence-corrected chi connectivity index (χ0v) is 12.7. The average molecular weight is 350 g/mol. The molecule has 2 rings (SSSR count). The highest BCUT2D eigenvalue weighted by atomic mass is 79.9. The molecule has 0 aromatic heterocycles. The molecule has 6 nitrogen and oxygen atoms in total. The van der Waals surface area contributed by atoms with E-state index in [4.69, 9.17) is 15.9 Å². The molecular weight excluding hydrogens is 338 g/mol. The Hall–Kier alpha value is -2.41. The number of nitro benzene ring substituents is 1. The van der Waals surface area contributed by atoms with Gasteiger partial charge in [0, 0.05) is 15.6 Å². The number of benzene rings is 2. The number of hydrogen-bond donors (Lipinski definition) is 2. The van der Waals surface area contributed by atoms with E-state index in [0.717, 1.165) is 0 Å². The molecule has 3 N–H and O–H groups in total. The van der Waals surface area contributed by atoms with Gasteiger partial charge in [0.1, 0.15) is 11.6 Å². The smallest absolute Gasteiger partial charge is 0.314 e. The summed E-state index contributed by atoms with van der Waals surface area (Å²) in [4.78, 5) is 10.6. The summed E-state index contributed by atoms with van der Waals surface area (Å²) in [6, 6.07) is 9.72. The molecule has 0 atom stereocenters. The minimum absolute atomic E-state index is 0.0655. The fourth-order valence-corrected chi connectivity index (χ4v) is 2.42. The summed E-state index contributed by atoms with van der Waals surface area (Å²) in [6.07, 6.45) is 0. The summed E-state index contributed by atoms with van der Waals surface area (Å²) < 4.78 is 6.17. The van der Waals surface area contributed by atoms with Crippen molar-refractivity contribution in [2.45, 2.75) is 6.92 Å². The van der Waals surface area contributed by atoms with Gasteiger partial charge in [-0.05, 0) is 47.1 Å². The molecule has 0 aliphatic heterocycles. The minimum atomic E-state index is -0.469. The van der Waals surface area contributed by atoms with E-state index >= 15 is 0 Å². The van der Waals surface area contributed by atoms with Crippen LogP contribution in [0.15, 0.2) is 40.9 Å². The van der Waals surface area contributed by atoms with Gasteiger partial charge in [-0.2, -0.15) is 0 Å². The van der Waals surface area contributed by atoms with E-state index in [9.17, 15) is 10.1 Å². The molecule has 2 aromatic carbocycles. The summed E-state index contributed by atoms with van der Waals surface area (Å²) in [6.45, 7) is 1.65. The second kappa shape index (κ2) is 5.92. The number of ether oxygens (including phenoxy) is 1. The molecule has 0 saturated heterocycles. The van der Waals surface area contributed by atoms with Crippen LogP contribution in [0.25, 0.3) is 0 Å². The molecule has 0 spiro atoms. The van der Waals surface area contributed by atoms with Gasteiger partial charge in [-0.25, -0.2) is 0 Å². The number of nitrogen functional groups attached to an aromatic ring is 1. The number of para-hydroxylation sites is 1. The van der Waals surface area contributed by atoms with Crippen molar-refractivity contribution in [2.24, 2.45) is 5.73 Å². The zero-order valence-electron chi connectivity index (χ0n) is 11.1. The number of nitrogens with zero attached hydrogens (tertiary/aromatic N) is 1. The maximum Gasteiger partial charge on any atom is 0.314 e. The lowest BCUT2D eigenvalue weighted by Crippen LogP contribution is -2.11. The largest absolute Gasteiger partial charge is 0.450 e. The molecule has 0 unspecified atom stereocenters. The lowest BCUT2D eigenvalue weighted by Gasteiger charge is -2.09. The maximum atomic E-state index is 11.1. The number of aryl methyl sites for hydroxylation is 1. The van der Waals surface area contributed by atoms with Gasteiger partial charge in [-0.1, -0.05) is 12.1 Å². The number of nitrogens with one attached hydrogen (secondary N) is 1. The second-order valence-electron chi connectivity index (χ2n) is 4.34. The van der Waals surface area contributed by atoms with Crippen molar-refractivity contribution in [1.29, 1.82) is 5.41 Å². The number of rotatable bonds is 4. The number of amidine groups is 1. The predicted octanol–water partition coefficient (Wildman–Crippen LogP) is 3.74. The fraction of sp³-hybridized carbons (Fsp3) is 0.0714. The fourth-order valence-electron chi connectivity index (χ4n) is 1.85. The zero-order chi connectivity index (χ0) is 15.6. The Kier molecular flexibility index (Phi) is 4.23. The SMILES string of the molecule is Cc1cccc(Oc2ccc(C(=N)N)c(Br)c2)c1[N+](=O)[O-]. The van der Waals surface area contributed by atoms with Crippen LogP contribution in [0.5, 0.6) is 11.5 Å². The van der Waals surface area contributed by atoms with Crippen molar-refractivity contribution in [1.82, 2.24) is 0 Å². The highest BCUT2D eigenvalue weighted by molar-refractivity contribution is 9.10. The molecule has 108 valence electrons. The van der Waals surface area contributed by atoms with E-state index < -0.39 is 4.92 Å². The van der Waals surface area contributed by atoms with Crippen LogP contribution >= 0.6 is 15.9 Å². The monoisotopic (exact) mass is 349 g/mol. The second-order valence-corrected chi connectivity index (χ2v) is 5.19. The summed E-state index contributed by atoms with van der Waals surface area (Å²) in [5.74, 6) is 0.512. The van der Waals surface area contributed by atoms with Crippen molar-refractivity contribution in [2.75, 3.05) is 0 Å². The summed E-state index contributed by atoms with van der Waals surface area (Å²) >= 11 is 3.29. The number of nitro groups is 1. The molecular formula is C14H12BrN3O3.